The van der Waals surface area contributed by atoms with Gasteiger partial charge in [0.25, 0.3) is 0 Å². The number of rotatable bonds is 2. The Morgan fingerprint density at radius 2 is 1.71 bits per heavy atom. The van der Waals surface area contributed by atoms with E-state index in [0.717, 1.165) is 18.2 Å². The minimum atomic E-state index is -0.705. The van der Waals surface area contributed by atoms with Crippen molar-refractivity contribution in [2.45, 2.75) is 0 Å². The van der Waals surface area contributed by atoms with Gasteiger partial charge in [-0.1, -0.05) is 0 Å². The van der Waals surface area contributed by atoms with Crippen molar-refractivity contribution in [2.75, 3.05) is 0 Å². The molecule has 0 amide bonds. The van der Waals surface area contributed by atoms with Crippen molar-refractivity contribution in [1.29, 1.82) is 0 Å². The first-order chi connectivity index (χ1) is 6.50. The van der Waals surface area contributed by atoms with E-state index in [0.29, 0.717) is 6.20 Å². The summed E-state index contributed by atoms with van der Waals surface area (Å²) in [4.78, 5) is 9.26. The van der Waals surface area contributed by atoms with Crippen LogP contribution < -0.4 is 0 Å². The molecule has 0 unspecified atom stereocenters. The predicted molar refractivity (Wildman–Crippen MR) is 47.5 cm³/mol. The average Bonchev–Trinajstić information content (AvgIpc) is 2.09. The van der Waals surface area contributed by atoms with Crippen LogP contribution in [0.4, 0.5) is 0 Å². The number of phenolic OH excluding ortho intramolecular Hbond substituents is 3. The van der Waals surface area contributed by atoms with Gasteiger partial charge in [-0.15, -0.1) is 0 Å². The number of hydrogen-bond donors (Lipinski definition) is 3. The highest BCUT2D eigenvalue weighted by atomic mass is 16.6. The molecule has 1 aromatic carbocycles. The second-order valence-electron chi connectivity index (χ2n) is 2.50. The van der Waals surface area contributed by atoms with E-state index < -0.39 is 16.4 Å². The lowest BCUT2D eigenvalue weighted by atomic mass is 10.2. The standard InChI is InChI=1S/C8H7NO5/c10-6-4-8(12)7(11)3-5(6)1-2-9(13)14/h1-4,10-12H/b2-1+. The molecule has 0 radical (unpaired) electrons. The third kappa shape index (κ3) is 2.13. The molecule has 0 bridgehead atoms. The van der Waals surface area contributed by atoms with E-state index in [4.69, 9.17) is 10.2 Å². The first kappa shape index (κ1) is 9.85. The highest BCUT2D eigenvalue weighted by Gasteiger charge is 2.05. The van der Waals surface area contributed by atoms with Crippen LogP contribution in [0.2, 0.25) is 0 Å². The Hall–Kier alpha value is -2.24. The van der Waals surface area contributed by atoms with Gasteiger partial charge in [0, 0.05) is 17.7 Å². The maximum Gasteiger partial charge on any atom is 0.235 e. The van der Waals surface area contributed by atoms with E-state index in [1.165, 1.54) is 0 Å². The fourth-order valence-corrected chi connectivity index (χ4v) is 0.857. The number of aromatic hydroxyl groups is 3. The number of benzene rings is 1. The fourth-order valence-electron chi connectivity index (χ4n) is 0.857. The smallest absolute Gasteiger partial charge is 0.235 e. The normalized spacial score (nSPS) is 10.6. The van der Waals surface area contributed by atoms with E-state index in [1.807, 2.05) is 0 Å². The van der Waals surface area contributed by atoms with Gasteiger partial charge in [0.15, 0.2) is 11.5 Å². The Balaban J connectivity index is 3.10. The van der Waals surface area contributed by atoms with Crippen molar-refractivity contribution >= 4 is 6.08 Å². The molecule has 1 rings (SSSR count). The third-order valence-corrected chi connectivity index (χ3v) is 1.50. The molecule has 14 heavy (non-hydrogen) atoms. The summed E-state index contributed by atoms with van der Waals surface area (Å²) in [6, 6.07) is 1.92. The van der Waals surface area contributed by atoms with E-state index in [2.05, 4.69) is 0 Å². The van der Waals surface area contributed by atoms with Gasteiger partial charge in [0.2, 0.25) is 6.20 Å². The van der Waals surface area contributed by atoms with Gasteiger partial charge >= 0.3 is 0 Å². The molecule has 0 spiro atoms. The zero-order chi connectivity index (χ0) is 10.7. The number of phenols is 3. The molecule has 1 aromatic rings. The molecule has 0 heterocycles. The SMILES string of the molecule is O=[N+]([O-])/C=C/c1cc(O)c(O)cc1O. The van der Waals surface area contributed by atoms with Gasteiger partial charge in [-0.05, 0) is 6.07 Å². The van der Waals surface area contributed by atoms with Crippen molar-refractivity contribution in [1.82, 2.24) is 0 Å². The number of nitro groups is 1. The van der Waals surface area contributed by atoms with Gasteiger partial charge in [-0.3, -0.25) is 10.1 Å². The van der Waals surface area contributed by atoms with Crippen LogP contribution in [0.1, 0.15) is 5.56 Å². The summed E-state index contributed by atoms with van der Waals surface area (Å²) in [6.45, 7) is 0. The molecule has 0 aliphatic heterocycles. The molecule has 6 nitrogen and oxygen atoms in total. The van der Waals surface area contributed by atoms with Crippen LogP contribution in [-0.4, -0.2) is 20.2 Å². The lowest BCUT2D eigenvalue weighted by Crippen LogP contribution is -1.83. The van der Waals surface area contributed by atoms with Crippen LogP contribution in [0.5, 0.6) is 17.2 Å². The highest BCUT2D eigenvalue weighted by Crippen LogP contribution is 2.32. The maximum absolute atomic E-state index is 9.96. The van der Waals surface area contributed by atoms with Crippen LogP contribution in [0.15, 0.2) is 18.3 Å². The summed E-state index contributed by atoms with van der Waals surface area (Å²) in [6.07, 6.45) is 1.63. The van der Waals surface area contributed by atoms with Gasteiger partial charge < -0.3 is 15.3 Å². The van der Waals surface area contributed by atoms with Crippen molar-refractivity contribution in [3.05, 3.63) is 34.0 Å². The van der Waals surface area contributed by atoms with Crippen LogP contribution >= 0.6 is 0 Å². The summed E-state index contributed by atoms with van der Waals surface area (Å²) >= 11 is 0. The molecule has 0 saturated carbocycles. The predicted octanol–water partition coefficient (Wildman–Crippen LogP) is 1.05. The van der Waals surface area contributed by atoms with Crippen LogP contribution in [-0.2, 0) is 0 Å². The molecule has 6 heteroatoms. The topological polar surface area (TPSA) is 104 Å². The molecular formula is C8H7NO5. The third-order valence-electron chi connectivity index (χ3n) is 1.50. The molecule has 0 saturated heterocycles. The second-order valence-corrected chi connectivity index (χ2v) is 2.50. The summed E-state index contributed by atoms with van der Waals surface area (Å²) in [7, 11) is 0. The molecule has 0 aliphatic rings. The van der Waals surface area contributed by atoms with Gasteiger partial charge in [0.1, 0.15) is 5.75 Å². The van der Waals surface area contributed by atoms with Gasteiger partial charge in [-0.2, -0.15) is 0 Å². The summed E-state index contributed by atoms with van der Waals surface area (Å²) < 4.78 is 0. The van der Waals surface area contributed by atoms with E-state index in [-0.39, 0.29) is 11.3 Å². The Kier molecular flexibility index (Phi) is 2.57. The van der Waals surface area contributed by atoms with Crippen LogP contribution in [0, 0.1) is 10.1 Å². The molecule has 3 N–H and O–H groups in total. The lowest BCUT2D eigenvalue weighted by molar-refractivity contribution is -0.400. The average molecular weight is 197 g/mol. The van der Waals surface area contributed by atoms with Gasteiger partial charge in [-0.25, -0.2) is 0 Å². The lowest BCUT2D eigenvalue weighted by Gasteiger charge is -2.01. The van der Waals surface area contributed by atoms with Crippen LogP contribution in [0.25, 0.3) is 6.08 Å². The maximum atomic E-state index is 9.96. The van der Waals surface area contributed by atoms with E-state index in [9.17, 15) is 15.2 Å². The Morgan fingerprint density at radius 3 is 2.29 bits per heavy atom. The molecule has 0 fully saturated rings. The summed E-state index contributed by atoms with van der Waals surface area (Å²) in [5.41, 5.74) is 0.0528. The van der Waals surface area contributed by atoms with Crippen molar-refractivity contribution in [3.63, 3.8) is 0 Å². The molecule has 0 aromatic heterocycles. The monoisotopic (exact) mass is 197 g/mol. The van der Waals surface area contributed by atoms with Crippen molar-refractivity contribution < 1.29 is 20.2 Å². The Bertz CT molecular complexity index is 399. The van der Waals surface area contributed by atoms with E-state index in [1.54, 1.807) is 0 Å². The van der Waals surface area contributed by atoms with Gasteiger partial charge in [0.05, 0.1) is 4.92 Å². The molecule has 74 valence electrons. The van der Waals surface area contributed by atoms with Crippen molar-refractivity contribution in [2.24, 2.45) is 0 Å². The minimum Gasteiger partial charge on any atom is -0.507 e. The highest BCUT2D eigenvalue weighted by molar-refractivity contribution is 5.61. The quantitative estimate of drug-likeness (QED) is 0.284. The molecule has 0 atom stereocenters. The zero-order valence-electron chi connectivity index (χ0n) is 6.91. The first-order valence-corrected chi connectivity index (χ1v) is 3.57. The van der Waals surface area contributed by atoms with Crippen LogP contribution in [0.3, 0.4) is 0 Å². The number of hydrogen-bond acceptors (Lipinski definition) is 5. The fraction of sp³-hybridized carbons (Fsp3) is 0. The summed E-state index contributed by atoms with van der Waals surface area (Å²) in [5, 5.41) is 37.1. The van der Waals surface area contributed by atoms with E-state index >= 15 is 0 Å². The molecular weight excluding hydrogens is 190 g/mol. The van der Waals surface area contributed by atoms with Crippen molar-refractivity contribution in [3.8, 4) is 17.2 Å². The second kappa shape index (κ2) is 3.65. The zero-order valence-corrected chi connectivity index (χ0v) is 6.91. The minimum absolute atomic E-state index is 0.0528. The Labute approximate surface area is 78.5 Å². The Morgan fingerprint density at radius 1 is 1.14 bits per heavy atom. The summed E-state index contributed by atoms with van der Waals surface area (Å²) in [5.74, 6) is -1.29. The molecule has 0 aliphatic carbocycles. The number of nitrogens with zero attached hydrogens (tertiary/aromatic N) is 1. The first-order valence-electron chi connectivity index (χ1n) is 3.57. The largest absolute Gasteiger partial charge is 0.507 e.